The zero-order chi connectivity index (χ0) is 15.6. The van der Waals surface area contributed by atoms with Crippen molar-refractivity contribution in [3.05, 3.63) is 40.0 Å². The Balaban J connectivity index is 2.14. The van der Waals surface area contributed by atoms with E-state index < -0.39 is 17.8 Å². The molecule has 2 heterocycles. The van der Waals surface area contributed by atoms with Crippen LogP contribution >= 0.6 is 11.3 Å². The minimum absolute atomic E-state index is 0.108. The molecule has 0 unspecified atom stereocenters. The van der Waals surface area contributed by atoms with Crippen molar-refractivity contribution in [1.82, 2.24) is 9.97 Å². The number of hydrogen-bond acceptors (Lipinski definition) is 5. The van der Waals surface area contributed by atoms with Gasteiger partial charge >= 0.3 is 12.1 Å². The molecule has 0 aliphatic rings. The lowest BCUT2D eigenvalue weighted by atomic mass is 10.3. The molecule has 2 aromatic rings. The molecule has 2 rings (SSSR count). The van der Waals surface area contributed by atoms with E-state index >= 15 is 0 Å². The molecule has 0 aliphatic heterocycles. The number of aromatic nitrogens is 2. The standard InChI is InChI=1S/C12H10F3N3O2S/c1-18(9-4-2-3-7(16-9)11(19)20)5-10-17-8(6-21-10)12(13,14)15/h2-4,6H,5H2,1H3,(H,19,20). The van der Waals surface area contributed by atoms with Gasteiger partial charge in [0.25, 0.3) is 0 Å². The van der Waals surface area contributed by atoms with Crippen molar-refractivity contribution in [3.63, 3.8) is 0 Å². The summed E-state index contributed by atoms with van der Waals surface area (Å²) in [6.45, 7) is 0.108. The Morgan fingerprint density at radius 3 is 2.67 bits per heavy atom. The second-order valence-corrected chi connectivity index (χ2v) is 5.11. The number of thiazole rings is 1. The number of halogens is 3. The van der Waals surface area contributed by atoms with Crippen molar-refractivity contribution in [2.75, 3.05) is 11.9 Å². The molecule has 0 saturated heterocycles. The van der Waals surface area contributed by atoms with Gasteiger partial charge in [-0.1, -0.05) is 6.07 Å². The predicted molar refractivity (Wildman–Crippen MR) is 70.4 cm³/mol. The van der Waals surface area contributed by atoms with Crippen LogP contribution < -0.4 is 4.90 Å². The van der Waals surface area contributed by atoms with Gasteiger partial charge in [-0.05, 0) is 12.1 Å². The van der Waals surface area contributed by atoms with Crippen LogP contribution in [0.3, 0.4) is 0 Å². The first-order valence-electron chi connectivity index (χ1n) is 5.70. The van der Waals surface area contributed by atoms with E-state index in [1.807, 2.05) is 0 Å². The van der Waals surface area contributed by atoms with Gasteiger partial charge in [0.1, 0.15) is 10.8 Å². The van der Waals surface area contributed by atoms with Crippen molar-refractivity contribution < 1.29 is 23.1 Å². The number of carboxylic acids is 1. The van der Waals surface area contributed by atoms with Gasteiger partial charge < -0.3 is 10.0 Å². The van der Waals surface area contributed by atoms with Crippen LogP contribution in [0.4, 0.5) is 19.0 Å². The number of carboxylic acid groups (broad SMARTS) is 1. The fourth-order valence-corrected chi connectivity index (χ4v) is 2.41. The number of hydrogen-bond donors (Lipinski definition) is 1. The summed E-state index contributed by atoms with van der Waals surface area (Å²) in [6, 6.07) is 4.43. The third kappa shape index (κ3) is 3.69. The Morgan fingerprint density at radius 2 is 2.10 bits per heavy atom. The SMILES string of the molecule is CN(Cc1nc(C(F)(F)F)cs1)c1cccc(C(=O)O)n1. The van der Waals surface area contributed by atoms with E-state index in [2.05, 4.69) is 9.97 Å². The van der Waals surface area contributed by atoms with Gasteiger partial charge in [-0.15, -0.1) is 11.3 Å². The van der Waals surface area contributed by atoms with Crippen LogP contribution in [0, 0.1) is 0 Å². The van der Waals surface area contributed by atoms with Crippen molar-refractivity contribution in [1.29, 1.82) is 0 Å². The largest absolute Gasteiger partial charge is 0.477 e. The molecule has 21 heavy (non-hydrogen) atoms. The fraction of sp³-hybridized carbons (Fsp3) is 0.250. The lowest BCUT2D eigenvalue weighted by molar-refractivity contribution is -0.140. The van der Waals surface area contributed by atoms with Gasteiger partial charge in [-0.25, -0.2) is 14.8 Å². The number of aromatic carboxylic acids is 1. The average molecular weight is 317 g/mol. The Morgan fingerprint density at radius 1 is 1.38 bits per heavy atom. The van der Waals surface area contributed by atoms with Crippen LogP contribution in [0.15, 0.2) is 23.6 Å². The molecular formula is C12H10F3N3O2S. The summed E-state index contributed by atoms with van der Waals surface area (Å²) >= 11 is 0.893. The summed E-state index contributed by atoms with van der Waals surface area (Å²) in [5, 5.41) is 10.1. The highest BCUT2D eigenvalue weighted by atomic mass is 32.1. The molecule has 5 nitrogen and oxygen atoms in total. The summed E-state index contributed by atoms with van der Waals surface area (Å²) in [6.07, 6.45) is -4.46. The van der Waals surface area contributed by atoms with Gasteiger partial charge in [0.15, 0.2) is 11.4 Å². The molecule has 0 atom stereocenters. The molecule has 0 fully saturated rings. The monoisotopic (exact) mass is 317 g/mol. The minimum Gasteiger partial charge on any atom is -0.477 e. The zero-order valence-corrected chi connectivity index (χ0v) is 11.6. The molecule has 0 amide bonds. The first-order valence-corrected chi connectivity index (χ1v) is 6.58. The lowest BCUT2D eigenvalue weighted by Crippen LogP contribution is -2.19. The van der Waals surface area contributed by atoms with Crippen LogP contribution in [0.25, 0.3) is 0 Å². The van der Waals surface area contributed by atoms with E-state index in [0.717, 1.165) is 16.7 Å². The molecule has 1 N–H and O–H groups in total. The van der Waals surface area contributed by atoms with E-state index in [-0.39, 0.29) is 17.2 Å². The third-order valence-electron chi connectivity index (χ3n) is 2.56. The number of pyridine rings is 1. The number of nitrogens with zero attached hydrogens (tertiary/aromatic N) is 3. The molecule has 0 saturated carbocycles. The average Bonchev–Trinajstić information content (AvgIpc) is 2.87. The minimum atomic E-state index is -4.46. The first-order chi connectivity index (χ1) is 9.77. The van der Waals surface area contributed by atoms with Gasteiger partial charge in [-0.3, -0.25) is 0 Å². The number of rotatable bonds is 4. The Hall–Kier alpha value is -2.16. The summed E-state index contributed by atoms with van der Waals surface area (Å²) in [5.74, 6) is -0.822. The molecule has 0 radical (unpaired) electrons. The summed E-state index contributed by atoms with van der Waals surface area (Å²) in [5.41, 5.74) is -1.06. The van der Waals surface area contributed by atoms with E-state index in [4.69, 9.17) is 5.11 Å². The van der Waals surface area contributed by atoms with E-state index in [9.17, 15) is 18.0 Å². The lowest BCUT2D eigenvalue weighted by Gasteiger charge is -2.16. The van der Waals surface area contributed by atoms with Crippen LogP contribution in [0.5, 0.6) is 0 Å². The van der Waals surface area contributed by atoms with Crippen molar-refractivity contribution >= 4 is 23.1 Å². The van der Waals surface area contributed by atoms with Crippen molar-refractivity contribution in [2.24, 2.45) is 0 Å². The van der Waals surface area contributed by atoms with Crippen LogP contribution in [-0.2, 0) is 12.7 Å². The smallest absolute Gasteiger partial charge is 0.434 e. The number of carbonyl (C=O) groups is 1. The van der Waals surface area contributed by atoms with Gasteiger partial charge in [0.2, 0.25) is 0 Å². The Bertz CT molecular complexity index is 657. The molecular weight excluding hydrogens is 307 g/mol. The molecule has 0 aliphatic carbocycles. The third-order valence-corrected chi connectivity index (χ3v) is 3.39. The van der Waals surface area contributed by atoms with Crippen LogP contribution in [0.1, 0.15) is 21.2 Å². The van der Waals surface area contributed by atoms with Gasteiger partial charge in [0.05, 0.1) is 6.54 Å². The van der Waals surface area contributed by atoms with Crippen LogP contribution in [0.2, 0.25) is 0 Å². The highest BCUT2D eigenvalue weighted by Gasteiger charge is 2.33. The molecule has 9 heteroatoms. The van der Waals surface area contributed by atoms with E-state index in [1.54, 1.807) is 13.1 Å². The topological polar surface area (TPSA) is 66.3 Å². The normalized spacial score (nSPS) is 11.4. The highest BCUT2D eigenvalue weighted by Crippen LogP contribution is 2.30. The van der Waals surface area contributed by atoms with Crippen molar-refractivity contribution in [2.45, 2.75) is 12.7 Å². The first kappa shape index (κ1) is 15.2. The number of anilines is 1. The maximum atomic E-state index is 12.5. The number of alkyl halides is 3. The van der Waals surface area contributed by atoms with Crippen molar-refractivity contribution in [3.8, 4) is 0 Å². The molecule has 0 aromatic carbocycles. The Kier molecular flexibility index (Phi) is 4.12. The zero-order valence-electron chi connectivity index (χ0n) is 10.8. The molecule has 2 aromatic heterocycles. The van der Waals surface area contributed by atoms with E-state index in [1.165, 1.54) is 17.0 Å². The summed E-state index contributed by atoms with van der Waals surface area (Å²) in [7, 11) is 1.60. The summed E-state index contributed by atoms with van der Waals surface area (Å²) in [4.78, 5) is 19.8. The highest BCUT2D eigenvalue weighted by molar-refractivity contribution is 7.09. The summed E-state index contributed by atoms with van der Waals surface area (Å²) < 4.78 is 37.4. The predicted octanol–water partition coefficient (Wildman–Crippen LogP) is 2.89. The van der Waals surface area contributed by atoms with Gasteiger partial charge in [-0.2, -0.15) is 13.2 Å². The second kappa shape index (κ2) is 5.68. The second-order valence-electron chi connectivity index (χ2n) is 4.17. The quantitative estimate of drug-likeness (QED) is 0.939. The fourth-order valence-electron chi connectivity index (χ4n) is 1.55. The van der Waals surface area contributed by atoms with Gasteiger partial charge in [0, 0.05) is 12.4 Å². The molecule has 0 spiro atoms. The molecule has 0 bridgehead atoms. The Labute approximate surface area is 121 Å². The molecule has 112 valence electrons. The van der Waals surface area contributed by atoms with E-state index in [0.29, 0.717) is 5.82 Å². The maximum absolute atomic E-state index is 12.5. The maximum Gasteiger partial charge on any atom is 0.434 e. The van der Waals surface area contributed by atoms with Crippen LogP contribution in [-0.4, -0.2) is 28.1 Å².